The minimum Gasteiger partial charge on any atom is -0.457 e. The predicted octanol–water partition coefficient (Wildman–Crippen LogP) is 3.89. The van der Waals surface area contributed by atoms with E-state index in [9.17, 15) is 4.79 Å². The molecule has 4 rings (SSSR count). The molecule has 0 saturated carbocycles. The van der Waals surface area contributed by atoms with E-state index in [-0.39, 0.29) is 5.91 Å². The van der Waals surface area contributed by atoms with E-state index < -0.39 is 0 Å². The van der Waals surface area contributed by atoms with Crippen LogP contribution >= 0.6 is 0 Å². The number of rotatable bonds is 5. The molecule has 0 aliphatic carbocycles. The van der Waals surface area contributed by atoms with Crippen LogP contribution in [-0.2, 0) is 11.8 Å². The van der Waals surface area contributed by atoms with Gasteiger partial charge in [-0.1, -0.05) is 5.16 Å². The zero-order valence-electron chi connectivity index (χ0n) is 15.3. The molecule has 2 heterocycles. The van der Waals surface area contributed by atoms with E-state index in [2.05, 4.69) is 20.6 Å². The third kappa shape index (κ3) is 3.75. The number of benzene rings is 2. The molecule has 140 valence electrons. The summed E-state index contributed by atoms with van der Waals surface area (Å²) in [7, 11) is 1.81. The topological polar surface area (TPSA) is 95.1 Å². The van der Waals surface area contributed by atoms with Gasteiger partial charge in [0.1, 0.15) is 17.2 Å². The SMILES string of the molecule is CC(=O)Nc1ccc(Oc2ccc(-c3noc(-c4ccnn4C)n3)cc2)cc1. The van der Waals surface area contributed by atoms with E-state index in [1.165, 1.54) is 6.92 Å². The van der Waals surface area contributed by atoms with Crippen molar-refractivity contribution in [2.24, 2.45) is 7.05 Å². The van der Waals surface area contributed by atoms with Crippen LogP contribution in [0.3, 0.4) is 0 Å². The van der Waals surface area contributed by atoms with E-state index in [1.807, 2.05) is 37.4 Å². The Labute approximate surface area is 160 Å². The van der Waals surface area contributed by atoms with Crippen LogP contribution in [0.1, 0.15) is 6.92 Å². The van der Waals surface area contributed by atoms with Crippen molar-refractivity contribution < 1.29 is 14.1 Å². The third-order valence-corrected chi connectivity index (χ3v) is 3.99. The van der Waals surface area contributed by atoms with E-state index in [4.69, 9.17) is 9.26 Å². The van der Waals surface area contributed by atoms with Crippen LogP contribution < -0.4 is 10.1 Å². The second kappa shape index (κ2) is 7.36. The summed E-state index contributed by atoms with van der Waals surface area (Å²) in [5.41, 5.74) is 2.28. The number of amides is 1. The molecule has 0 unspecified atom stereocenters. The first-order valence-corrected chi connectivity index (χ1v) is 8.56. The first-order valence-electron chi connectivity index (χ1n) is 8.56. The summed E-state index contributed by atoms with van der Waals surface area (Å²) in [5, 5.41) is 10.8. The van der Waals surface area contributed by atoms with Crippen LogP contribution in [0.15, 0.2) is 65.3 Å². The fourth-order valence-electron chi connectivity index (χ4n) is 2.65. The first-order chi connectivity index (χ1) is 13.6. The summed E-state index contributed by atoms with van der Waals surface area (Å²) in [6.07, 6.45) is 1.67. The smallest absolute Gasteiger partial charge is 0.276 e. The fraction of sp³-hybridized carbons (Fsp3) is 0.100. The molecule has 8 nitrogen and oxygen atoms in total. The van der Waals surface area contributed by atoms with Gasteiger partial charge < -0.3 is 14.6 Å². The summed E-state index contributed by atoms with van der Waals surface area (Å²) in [5.74, 6) is 2.13. The predicted molar refractivity (Wildman–Crippen MR) is 103 cm³/mol. The molecule has 0 fully saturated rings. The number of aryl methyl sites for hydroxylation is 1. The molecule has 0 spiro atoms. The highest BCUT2D eigenvalue weighted by molar-refractivity contribution is 5.88. The Kier molecular flexibility index (Phi) is 4.59. The van der Waals surface area contributed by atoms with Crippen LogP contribution in [-0.4, -0.2) is 25.8 Å². The van der Waals surface area contributed by atoms with Crippen molar-refractivity contribution in [3.63, 3.8) is 0 Å². The quantitative estimate of drug-likeness (QED) is 0.569. The number of hydrogen-bond donors (Lipinski definition) is 1. The molecule has 28 heavy (non-hydrogen) atoms. The Bertz CT molecular complexity index is 1100. The van der Waals surface area contributed by atoms with Crippen molar-refractivity contribution in [2.75, 3.05) is 5.32 Å². The molecule has 1 N–H and O–H groups in total. The molecule has 0 bridgehead atoms. The number of aromatic nitrogens is 4. The highest BCUT2D eigenvalue weighted by Crippen LogP contribution is 2.27. The van der Waals surface area contributed by atoms with E-state index in [0.717, 1.165) is 16.9 Å². The van der Waals surface area contributed by atoms with Crippen molar-refractivity contribution in [1.29, 1.82) is 0 Å². The number of ether oxygens (including phenoxy) is 1. The summed E-state index contributed by atoms with van der Waals surface area (Å²) in [4.78, 5) is 15.5. The second-order valence-electron chi connectivity index (χ2n) is 6.10. The summed E-state index contributed by atoms with van der Waals surface area (Å²) >= 11 is 0. The van der Waals surface area contributed by atoms with Gasteiger partial charge in [-0.25, -0.2) is 0 Å². The average Bonchev–Trinajstić information content (AvgIpc) is 3.32. The Morgan fingerprint density at radius 2 is 1.71 bits per heavy atom. The molecule has 2 aromatic carbocycles. The third-order valence-electron chi connectivity index (χ3n) is 3.99. The van der Waals surface area contributed by atoms with Crippen LogP contribution in [0, 0.1) is 0 Å². The van der Waals surface area contributed by atoms with Crippen molar-refractivity contribution in [1.82, 2.24) is 19.9 Å². The number of hydrogen-bond acceptors (Lipinski definition) is 6. The maximum absolute atomic E-state index is 11.1. The van der Waals surface area contributed by atoms with Crippen LogP contribution in [0.25, 0.3) is 23.0 Å². The second-order valence-corrected chi connectivity index (χ2v) is 6.10. The van der Waals surface area contributed by atoms with Gasteiger partial charge >= 0.3 is 0 Å². The Morgan fingerprint density at radius 1 is 1.04 bits per heavy atom. The molecule has 0 aliphatic heterocycles. The number of carbonyl (C=O) groups excluding carboxylic acids is 1. The molecular weight excluding hydrogens is 358 g/mol. The molecule has 0 aliphatic rings. The maximum atomic E-state index is 11.1. The van der Waals surface area contributed by atoms with Crippen molar-refractivity contribution in [3.8, 4) is 34.5 Å². The van der Waals surface area contributed by atoms with Crippen molar-refractivity contribution in [2.45, 2.75) is 6.92 Å². The molecule has 2 aromatic heterocycles. The Morgan fingerprint density at radius 3 is 2.32 bits per heavy atom. The lowest BCUT2D eigenvalue weighted by molar-refractivity contribution is -0.114. The molecular formula is C20H17N5O3. The van der Waals surface area contributed by atoms with Crippen molar-refractivity contribution in [3.05, 3.63) is 60.8 Å². The Balaban J connectivity index is 1.46. The zero-order valence-corrected chi connectivity index (χ0v) is 15.3. The molecule has 0 saturated heterocycles. The lowest BCUT2D eigenvalue weighted by Gasteiger charge is -2.07. The molecule has 0 radical (unpaired) electrons. The van der Waals surface area contributed by atoms with Crippen LogP contribution in [0.4, 0.5) is 5.69 Å². The first kappa shape index (κ1) is 17.5. The number of nitrogens with zero attached hydrogens (tertiary/aromatic N) is 4. The molecule has 0 atom stereocenters. The summed E-state index contributed by atoms with van der Waals surface area (Å²) in [6, 6.07) is 16.3. The average molecular weight is 375 g/mol. The van der Waals surface area contributed by atoms with Gasteiger partial charge in [0.25, 0.3) is 5.89 Å². The van der Waals surface area contributed by atoms with Gasteiger partial charge in [-0.15, -0.1) is 0 Å². The van der Waals surface area contributed by atoms with Gasteiger partial charge in [0.15, 0.2) is 0 Å². The van der Waals surface area contributed by atoms with E-state index in [1.54, 1.807) is 35.1 Å². The number of carbonyl (C=O) groups is 1. The van der Waals surface area contributed by atoms with Gasteiger partial charge in [-0.2, -0.15) is 10.1 Å². The van der Waals surface area contributed by atoms with Gasteiger partial charge in [-0.3, -0.25) is 9.48 Å². The zero-order chi connectivity index (χ0) is 19.5. The fourth-order valence-corrected chi connectivity index (χ4v) is 2.65. The van der Waals surface area contributed by atoms with Gasteiger partial charge in [0.2, 0.25) is 11.7 Å². The molecule has 1 amide bonds. The normalized spacial score (nSPS) is 10.6. The largest absolute Gasteiger partial charge is 0.457 e. The molecule has 8 heteroatoms. The number of nitrogens with one attached hydrogen (secondary N) is 1. The minimum absolute atomic E-state index is 0.114. The highest BCUT2D eigenvalue weighted by Gasteiger charge is 2.13. The molecule has 4 aromatic rings. The minimum atomic E-state index is -0.114. The van der Waals surface area contributed by atoms with Crippen molar-refractivity contribution >= 4 is 11.6 Å². The van der Waals surface area contributed by atoms with Gasteiger partial charge in [0, 0.05) is 31.4 Å². The monoisotopic (exact) mass is 375 g/mol. The maximum Gasteiger partial charge on any atom is 0.276 e. The lowest BCUT2D eigenvalue weighted by Crippen LogP contribution is -2.05. The van der Waals surface area contributed by atoms with Gasteiger partial charge in [0.05, 0.1) is 0 Å². The van der Waals surface area contributed by atoms with Crippen LogP contribution in [0.2, 0.25) is 0 Å². The van der Waals surface area contributed by atoms with Crippen LogP contribution in [0.5, 0.6) is 11.5 Å². The van der Waals surface area contributed by atoms with E-state index in [0.29, 0.717) is 23.2 Å². The van der Waals surface area contributed by atoms with E-state index >= 15 is 0 Å². The lowest BCUT2D eigenvalue weighted by atomic mass is 10.2. The Hall–Kier alpha value is -3.94. The summed E-state index contributed by atoms with van der Waals surface area (Å²) < 4.78 is 12.8. The summed E-state index contributed by atoms with van der Waals surface area (Å²) in [6.45, 7) is 1.47. The highest BCUT2D eigenvalue weighted by atomic mass is 16.5. The van der Waals surface area contributed by atoms with Gasteiger partial charge in [-0.05, 0) is 54.6 Å². The number of anilines is 1. The standard InChI is InChI=1S/C20H17N5O3/c1-13(26)22-15-5-9-17(10-6-15)27-16-7-3-14(4-8-16)19-23-20(28-24-19)18-11-12-21-25(18)2/h3-12H,1-2H3,(H,22,26).